The van der Waals surface area contributed by atoms with E-state index in [1.165, 1.54) is 0 Å². The van der Waals surface area contributed by atoms with E-state index in [4.69, 9.17) is 0 Å². The fourth-order valence-electron chi connectivity index (χ4n) is 7.66. The normalized spacial score (nSPS) is 16.0. The lowest BCUT2D eigenvalue weighted by Crippen LogP contribution is -2.39. The lowest BCUT2D eigenvalue weighted by Gasteiger charge is -2.26. The van der Waals surface area contributed by atoms with Gasteiger partial charge in [-0.15, -0.1) is 0 Å². The summed E-state index contributed by atoms with van der Waals surface area (Å²) in [6.07, 6.45) is 1.19. The van der Waals surface area contributed by atoms with E-state index in [2.05, 4.69) is 0 Å². The molecule has 0 amide bonds. The minimum atomic E-state index is -2.25. The van der Waals surface area contributed by atoms with Gasteiger partial charge in [-0.25, -0.2) is 53.4 Å². The molecule has 0 spiro atoms. The number of hydrogen-bond donors (Lipinski definition) is 0. The number of aryl methyl sites for hydroxylation is 6. The van der Waals surface area contributed by atoms with Crippen LogP contribution in [0.15, 0.2) is 24.3 Å². The topological polar surface area (TPSA) is 6.25 Å². The first-order valence-corrected chi connectivity index (χ1v) is 16.5. The Kier molecular flexibility index (Phi) is 10.9. The van der Waals surface area contributed by atoms with Crippen molar-refractivity contribution in [3.63, 3.8) is 0 Å². The van der Waals surface area contributed by atoms with Crippen LogP contribution in [0.1, 0.15) is 70.2 Å². The van der Waals surface area contributed by atoms with E-state index in [1.807, 2.05) is 81.6 Å². The quantitative estimate of drug-likeness (QED) is 0.0683. The third-order valence-corrected chi connectivity index (χ3v) is 9.65. The van der Waals surface area contributed by atoms with Crippen LogP contribution < -0.4 is 4.90 Å². The van der Waals surface area contributed by atoms with Gasteiger partial charge >= 0.3 is 0 Å². The van der Waals surface area contributed by atoms with Crippen LogP contribution in [0.25, 0.3) is 0 Å². The molecule has 12 heteroatoms. The number of benzene rings is 4. The van der Waals surface area contributed by atoms with Crippen LogP contribution in [0.4, 0.5) is 55.3 Å². The Balaban J connectivity index is 1.59. The van der Waals surface area contributed by atoms with Crippen LogP contribution in [-0.4, -0.2) is 23.0 Å². The van der Waals surface area contributed by atoms with Gasteiger partial charge in [0, 0.05) is 11.1 Å². The van der Waals surface area contributed by atoms with Crippen molar-refractivity contribution in [1.29, 1.82) is 0 Å². The predicted octanol–water partition coefficient (Wildman–Crippen LogP) is 10.9. The van der Waals surface area contributed by atoms with E-state index in [-0.39, 0.29) is 25.7 Å². The SMILES string of the molecule is Cc1cc(C)c(N2C=[N+](c3c(C)cc(C)cc3C)C(CCCc3c(F)c(F)c(F)c(F)c3F)C2CCCc2c(F)c(F)c(F)c(F)c2F)c(C)c1. The molecule has 4 aromatic carbocycles. The van der Waals surface area contributed by atoms with Gasteiger partial charge in [-0.1, -0.05) is 35.4 Å². The molecule has 1 aliphatic heterocycles. The molecule has 0 saturated carbocycles. The van der Waals surface area contributed by atoms with Crippen LogP contribution in [0.2, 0.25) is 0 Å². The minimum absolute atomic E-state index is 0.0227. The molecule has 272 valence electrons. The molecule has 5 rings (SSSR count). The fraction of sp³-hybridized carbons (Fsp3) is 0.359. The molecule has 4 aromatic rings. The highest BCUT2D eigenvalue weighted by atomic mass is 19.2. The fourth-order valence-corrected chi connectivity index (χ4v) is 7.66. The monoisotopic (exact) mass is 723 g/mol. The van der Waals surface area contributed by atoms with E-state index < -0.39 is 94.2 Å². The maximum absolute atomic E-state index is 14.7. The predicted molar refractivity (Wildman–Crippen MR) is 176 cm³/mol. The molecular weight excluding hydrogens is 686 g/mol. The second-order valence-corrected chi connectivity index (χ2v) is 13.4. The molecule has 0 fully saturated rings. The molecule has 2 unspecified atom stereocenters. The summed E-state index contributed by atoms with van der Waals surface area (Å²) < 4.78 is 144. The molecule has 2 nitrogen and oxygen atoms in total. The van der Waals surface area contributed by atoms with Gasteiger partial charge in [0.15, 0.2) is 46.5 Å². The van der Waals surface area contributed by atoms with Crippen LogP contribution in [0.5, 0.6) is 0 Å². The third-order valence-electron chi connectivity index (χ3n) is 9.65. The summed E-state index contributed by atoms with van der Waals surface area (Å²) >= 11 is 0. The average molecular weight is 724 g/mol. The van der Waals surface area contributed by atoms with E-state index >= 15 is 0 Å². The maximum atomic E-state index is 14.7. The Morgan fingerprint density at radius 3 is 1.25 bits per heavy atom. The zero-order valence-electron chi connectivity index (χ0n) is 29.0. The molecule has 2 atom stereocenters. The number of halogens is 10. The summed E-state index contributed by atoms with van der Waals surface area (Å²) in [5.74, 6) is -20.2. The molecule has 0 bridgehead atoms. The van der Waals surface area contributed by atoms with E-state index in [9.17, 15) is 43.9 Å². The van der Waals surface area contributed by atoms with Gasteiger partial charge in [-0.3, -0.25) is 0 Å². The van der Waals surface area contributed by atoms with Crippen molar-refractivity contribution in [3.8, 4) is 0 Å². The first-order valence-electron chi connectivity index (χ1n) is 16.5. The Hall–Kier alpha value is -4.35. The third kappa shape index (κ3) is 6.98. The summed E-state index contributed by atoms with van der Waals surface area (Å²) in [7, 11) is 0. The van der Waals surface area contributed by atoms with Gasteiger partial charge in [0.25, 0.3) is 0 Å². The van der Waals surface area contributed by atoms with Crippen molar-refractivity contribution in [2.75, 3.05) is 4.90 Å². The molecule has 0 saturated heterocycles. The molecule has 0 radical (unpaired) electrons. The average Bonchev–Trinajstić information content (AvgIpc) is 3.39. The van der Waals surface area contributed by atoms with Crippen LogP contribution >= 0.6 is 0 Å². The van der Waals surface area contributed by atoms with Crippen LogP contribution in [0.3, 0.4) is 0 Å². The Morgan fingerprint density at radius 1 is 0.490 bits per heavy atom. The number of rotatable bonds is 10. The lowest BCUT2D eigenvalue weighted by atomic mass is 9.92. The zero-order chi connectivity index (χ0) is 37.6. The van der Waals surface area contributed by atoms with Crippen molar-refractivity contribution < 1.29 is 48.5 Å². The lowest BCUT2D eigenvalue weighted by molar-refractivity contribution is -0.476. The highest BCUT2D eigenvalue weighted by Gasteiger charge is 2.45. The van der Waals surface area contributed by atoms with Crippen LogP contribution in [0, 0.1) is 99.7 Å². The summed E-state index contributed by atoms with van der Waals surface area (Å²) in [4.78, 5) is 1.99. The van der Waals surface area contributed by atoms with Crippen molar-refractivity contribution >= 4 is 17.7 Å². The van der Waals surface area contributed by atoms with Crippen molar-refractivity contribution in [2.24, 2.45) is 0 Å². The summed E-state index contributed by atoms with van der Waals surface area (Å²) in [6, 6.07) is 6.86. The minimum Gasteiger partial charge on any atom is -0.226 e. The van der Waals surface area contributed by atoms with Gasteiger partial charge < -0.3 is 0 Å². The summed E-state index contributed by atoms with van der Waals surface area (Å²) in [5, 5.41) is 0. The summed E-state index contributed by atoms with van der Waals surface area (Å²) in [5.41, 5.74) is 5.34. The highest BCUT2D eigenvalue weighted by molar-refractivity contribution is 5.83. The Bertz CT molecular complexity index is 1950. The number of hydrogen-bond acceptors (Lipinski definition) is 1. The van der Waals surface area contributed by atoms with E-state index in [1.54, 1.807) is 0 Å². The van der Waals surface area contributed by atoms with Crippen molar-refractivity contribution in [2.45, 2.75) is 92.2 Å². The largest absolute Gasteiger partial charge is 0.245 e. The molecule has 1 aliphatic rings. The first-order chi connectivity index (χ1) is 24.0. The molecule has 0 aliphatic carbocycles. The maximum Gasteiger partial charge on any atom is 0.245 e. The van der Waals surface area contributed by atoms with Gasteiger partial charge in [-0.2, -0.15) is 0 Å². The van der Waals surface area contributed by atoms with Gasteiger partial charge in [0.05, 0.1) is 0 Å². The highest BCUT2D eigenvalue weighted by Crippen LogP contribution is 2.39. The standard InChI is InChI=1S/C39H37F10N2/c1-18-13-20(3)38(21(4)14-18)50-17-51(39-22(5)15-19(2)16-23(39)6)27(12-8-10-25-30(42)34(46)37(49)35(47)31(25)43)26(50)11-7-9-24-28(40)32(44)36(48)33(45)29(24)41/h13-17,26-27H,7-12H2,1-6H3/q+1. The van der Waals surface area contributed by atoms with Crippen LogP contribution in [-0.2, 0) is 12.8 Å². The van der Waals surface area contributed by atoms with Crippen molar-refractivity contribution in [3.05, 3.63) is 127 Å². The number of nitrogens with zero attached hydrogens (tertiary/aromatic N) is 2. The second-order valence-electron chi connectivity index (χ2n) is 13.4. The summed E-state index contributed by atoms with van der Waals surface area (Å²) in [6.45, 7) is 11.5. The second kappa shape index (κ2) is 14.7. The van der Waals surface area contributed by atoms with E-state index in [0.29, 0.717) is 0 Å². The Labute approximate surface area is 290 Å². The first kappa shape index (κ1) is 37.9. The smallest absolute Gasteiger partial charge is 0.226 e. The molecule has 51 heavy (non-hydrogen) atoms. The van der Waals surface area contributed by atoms with Gasteiger partial charge in [0.2, 0.25) is 18.0 Å². The Morgan fingerprint density at radius 2 is 0.843 bits per heavy atom. The van der Waals surface area contributed by atoms with Gasteiger partial charge in [0.1, 0.15) is 23.5 Å². The molecule has 1 heterocycles. The van der Waals surface area contributed by atoms with E-state index in [0.717, 1.165) is 44.8 Å². The van der Waals surface area contributed by atoms with Gasteiger partial charge in [-0.05, 0) is 102 Å². The van der Waals surface area contributed by atoms with Crippen molar-refractivity contribution in [1.82, 2.24) is 0 Å². The molecular formula is C39H37F10N2+. The zero-order valence-corrected chi connectivity index (χ0v) is 29.0. The number of anilines is 1. The molecule has 0 N–H and O–H groups in total. The molecule has 0 aromatic heterocycles.